The second kappa shape index (κ2) is 8.43. The van der Waals surface area contributed by atoms with E-state index >= 15 is 0 Å². The maximum atomic E-state index is 12.2. The van der Waals surface area contributed by atoms with E-state index in [1.807, 2.05) is 42.5 Å². The lowest BCUT2D eigenvalue weighted by Crippen LogP contribution is -2.28. The summed E-state index contributed by atoms with van der Waals surface area (Å²) in [6.45, 7) is 0.409. The fourth-order valence-corrected chi connectivity index (χ4v) is 2.29. The number of hydrogen-bond donors (Lipinski definition) is 3. The Morgan fingerprint density at radius 3 is 2.12 bits per heavy atom. The number of amides is 3. The van der Waals surface area contributed by atoms with Gasteiger partial charge in [0.05, 0.1) is 0 Å². The third-order valence-corrected chi connectivity index (χ3v) is 3.64. The van der Waals surface area contributed by atoms with Gasteiger partial charge in [0.2, 0.25) is 0 Å². The van der Waals surface area contributed by atoms with Gasteiger partial charge in [-0.15, -0.1) is 0 Å². The molecule has 0 unspecified atom stereocenters. The van der Waals surface area contributed by atoms with E-state index in [2.05, 4.69) is 20.9 Å². The molecule has 3 rings (SSSR count). The second-order valence-corrected chi connectivity index (χ2v) is 5.56. The molecule has 3 amide bonds. The van der Waals surface area contributed by atoms with Crippen molar-refractivity contribution in [2.24, 2.45) is 0 Å². The van der Waals surface area contributed by atoms with E-state index < -0.39 is 0 Å². The molecule has 130 valence electrons. The van der Waals surface area contributed by atoms with Gasteiger partial charge in [-0.2, -0.15) is 0 Å². The van der Waals surface area contributed by atoms with Gasteiger partial charge in [-0.05, 0) is 54.1 Å². The predicted octanol–water partition coefficient (Wildman–Crippen LogP) is 3.66. The van der Waals surface area contributed by atoms with Crippen molar-refractivity contribution in [3.05, 3.63) is 90.3 Å². The quantitative estimate of drug-likeness (QED) is 0.659. The third kappa shape index (κ3) is 4.91. The normalized spacial score (nSPS) is 10.0. The molecule has 0 spiro atoms. The zero-order valence-corrected chi connectivity index (χ0v) is 14.0. The van der Waals surface area contributed by atoms with Crippen molar-refractivity contribution in [3.63, 3.8) is 0 Å². The SMILES string of the molecule is O=C(NCc1ccncc1)Nc1ccc(C(=O)Nc2ccccc2)cc1. The minimum absolute atomic E-state index is 0.204. The number of nitrogens with zero attached hydrogens (tertiary/aromatic N) is 1. The molecule has 0 bridgehead atoms. The number of hydrogen-bond acceptors (Lipinski definition) is 3. The Morgan fingerprint density at radius 2 is 1.42 bits per heavy atom. The molecule has 3 N–H and O–H groups in total. The van der Waals surface area contributed by atoms with Gasteiger partial charge >= 0.3 is 6.03 Å². The predicted molar refractivity (Wildman–Crippen MR) is 101 cm³/mol. The summed E-state index contributed by atoms with van der Waals surface area (Å²) in [5, 5.41) is 8.30. The Labute approximate surface area is 151 Å². The fourth-order valence-electron chi connectivity index (χ4n) is 2.29. The second-order valence-electron chi connectivity index (χ2n) is 5.56. The average Bonchev–Trinajstić information content (AvgIpc) is 2.68. The maximum absolute atomic E-state index is 12.2. The van der Waals surface area contributed by atoms with E-state index in [1.165, 1.54) is 0 Å². The van der Waals surface area contributed by atoms with Gasteiger partial charge in [-0.3, -0.25) is 9.78 Å². The Balaban J connectivity index is 1.52. The minimum atomic E-state index is -0.316. The highest BCUT2D eigenvalue weighted by Gasteiger charge is 2.07. The molecule has 6 heteroatoms. The monoisotopic (exact) mass is 346 g/mol. The summed E-state index contributed by atoms with van der Waals surface area (Å²) >= 11 is 0. The third-order valence-electron chi connectivity index (χ3n) is 3.64. The molecule has 0 saturated heterocycles. The number of nitrogens with one attached hydrogen (secondary N) is 3. The topological polar surface area (TPSA) is 83.1 Å². The molecule has 0 saturated carbocycles. The lowest BCUT2D eigenvalue weighted by Gasteiger charge is -2.09. The van der Waals surface area contributed by atoms with Gasteiger partial charge < -0.3 is 16.0 Å². The summed E-state index contributed by atoms with van der Waals surface area (Å²) in [4.78, 5) is 28.0. The first-order valence-electron chi connectivity index (χ1n) is 8.11. The smallest absolute Gasteiger partial charge is 0.319 e. The van der Waals surface area contributed by atoms with Crippen LogP contribution in [0.15, 0.2) is 79.1 Å². The highest BCUT2D eigenvalue weighted by Crippen LogP contribution is 2.12. The highest BCUT2D eigenvalue weighted by atomic mass is 16.2. The summed E-state index contributed by atoms with van der Waals surface area (Å²) in [7, 11) is 0. The van der Waals surface area contributed by atoms with Gasteiger partial charge in [0, 0.05) is 35.9 Å². The first-order valence-corrected chi connectivity index (χ1v) is 8.11. The Hall–Kier alpha value is -3.67. The number of benzene rings is 2. The average molecular weight is 346 g/mol. The number of urea groups is 1. The summed E-state index contributed by atoms with van der Waals surface area (Å²) in [5.41, 5.74) is 2.81. The van der Waals surface area contributed by atoms with Crippen LogP contribution >= 0.6 is 0 Å². The number of para-hydroxylation sites is 1. The molecular formula is C20H18N4O2. The summed E-state index contributed by atoms with van der Waals surface area (Å²) < 4.78 is 0. The molecule has 1 aromatic heterocycles. The largest absolute Gasteiger partial charge is 0.334 e. The van der Waals surface area contributed by atoms with Crippen molar-refractivity contribution in [2.75, 3.05) is 10.6 Å². The molecule has 0 aliphatic heterocycles. The Kier molecular flexibility index (Phi) is 5.57. The molecule has 3 aromatic rings. The zero-order valence-electron chi connectivity index (χ0n) is 14.0. The molecule has 6 nitrogen and oxygen atoms in total. The van der Waals surface area contributed by atoms with Crippen LogP contribution in [0.25, 0.3) is 0 Å². The van der Waals surface area contributed by atoms with Crippen LogP contribution in [0.1, 0.15) is 15.9 Å². The van der Waals surface area contributed by atoms with Gasteiger partial charge in [-0.25, -0.2) is 4.79 Å². The number of rotatable bonds is 5. The van der Waals surface area contributed by atoms with Gasteiger partial charge in [0.15, 0.2) is 0 Å². The number of carbonyl (C=O) groups excluding carboxylic acids is 2. The zero-order chi connectivity index (χ0) is 18.2. The van der Waals surface area contributed by atoms with Crippen molar-refractivity contribution in [3.8, 4) is 0 Å². The molecule has 0 radical (unpaired) electrons. The molecule has 0 atom stereocenters. The molecule has 2 aromatic carbocycles. The summed E-state index contributed by atoms with van der Waals surface area (Å²) in [6, 6.07) is 19.3. The first kappa shape index (κ1) is 17.2. The Morgan fingerprint density at radius 1 is 0.769 bits per heavy atom. The van der Waals surface area contributed by atoms with E-state index in [-0.39, 0.29) is 11.9 Å². The minimum Gasteiger partial charge on any atom is -0.334 e. The van der Waals surface area contributed by atoms with Crippen molar-refractivity contribution in [2.45, 2.75) is 6.54 Å². The van der Waals surface area contributed by atoms with Crippen LogP contribution in [-0.2, 0) is 6.54 Å². The van der Waals surface area contributed by atoms with Gasteiger partial charge in [-0.1, -0.05) is 18.2 Å². The standard InChI is InChI=1S/C20H18N4O2/c25-19(23-17-4-2-1-3-5-17)16-6-8-18(9-7-16)24-20(26)22-14-15-10-12-21-13-11-15/h1-13H,14H2,(H,23,25)(H2,22,24,26). The fraction of sp³-hybridized carbons (Fsp3) is 0.0500. The van der Waals surface area contributed by atoms with Crippen molar-refractivity contribution < 1.29 is 9.59 Å². The highest BCUT2D eigenvalue weighted by molar-refractivity contribution is 6.04. The van der Waals surface area contributed by atoms with Crippen molar-refractivity contribution in [1.29, 1.82) is 0 Å². The number of aromatic nitrogens is 1. The summed E-state index contributed by atoms with van der Waals surface area (Å²) in [6.07, 6.45) is 3.35. The van der Waals surface area contributed by atoms with E-state index in [9.17, 15) is 9.59 Å². The molecule has 26 heavy (non-hydrogen) atoms. The van der Waals surface area contributed by atoms with Crippen molar-refractivity contribution >= 4 is 23.3 Å². The molecule has 0 aliphatic rings. The van der Waals surface area contributed by atoms with Crippen LogP contribution in [0, 0.1) is 0 Å². The Bertz CT molecular complexity index is 865. The van der Waals surface area contributed by atoms with E-state index in [0.717, 1.165) is 11.3 Å². The van der Waals surface area contributed by atoms with E-state index in [1.54, 1.807) is 36.7 Å². The number of carbonyl (C=O) groups is 2. The number of pyridine rings is 1. The lowest BCUT2D eigenvalue weighted by molar-refractivity contribution is 0.102. The van der Waals surface area contributed by atoms with E-state index in [0.29, 0.717) is 17.8 Å². The first-order chi connectivity index (χ1) is 12.7. The number of anilines is 2. The van der Waals surface area contributed by atoms with Crippen LogP contribution in [0.2, 0.25) is 0 Å². The van der Waals surface area contributed by atoms with Gasteiger partial charge in [0.1, 0.15) is 0 Å². The van der Waals surface area contributed by atoms with Crippen LogP contribution < -0.4 is 16.0 Å². The molecule has 0 fully saturated rings. The molecule has 1 heterocycles. The van der Waals surface area contributed by atoms with Gasteiger partial charge in [0.25, 0.3) is 5.91 Å². The summed E-state index contributed by atoms with van der Waals surface area (Å²) in [5.74, 6) is -0.204. The molecular weight excluding hydrogens is 328 g/mol. The van der Waals surface area contributed by atoms with Crippen LogP contribution in [0.3, 0.4) is 0 Å². The van der Waals surface area contributed by atoms with E-state index in [4.69, 9.17) is 0 Å². The molecule has 0 aliphatic carbocycles. The van der Waals surface area contributed by atoms with Crippen LogP contribution in [0.4, 0.5) is 16.2 Å². The van der Waals surface area contributed by atoms with Crippen molar-refractivity contribution in [1.82, 2.24) is 10.3 Å². The van der Waals surface area contributed by atoms with Crippen LogP contribution in [0.5, 0.6) is 0 Å². The lowest BCUT2D eigenvalue weighted by atomic mass is 10.2. The van der Waals surface area contributed by atoms with Crippen LogP contribution in [-0.4, -0.2) is 16.9 Å². The maximum Gasteiger partial charge on any atom is 0.319 e.